The van der Waals surface area contributed by atoms with Gasteiger partial charge in [0.2, 0.25) is 0 Å². The largest absolute Gasteiger partial charge is 0.399 e. The topological polar surface area (TPSA) is 119 Å². The zero-order valence-corrected chi connectivity index (χ0v) is 8.35. The van der Waals surface area contributed by atoms with Crippen LogP contribution in [0.2, 0.25) is 0 Å². The SMILES string of the molecule is CO/N=C/c1c(N=[N+]=[N-])cccc1N=[N+]=[N-]. The van der Waals surface area contributed by atoms with Crippen molar-refractivity contribution in [1.29, 1.82) is 0 Å². The average Bonchev–Trinajstić information content (AvgIpc) is 2.29. The van der Waals surface area contributed by atoms with Gasteiger partial charge in [0.05, 0.1) is 6.21 Å². The van der Waals surface area contributed by atoms with E-state index < -0.39 is 0 Å². The van der Waals surface area contributed by atoms with Crippen molar-refractivity contribution >= 4 is 17.6 Å². The van der Waals surface area contributed by atoms with Crippen LogP contribution < -0.4 is 0 Å². The van der Waals surface area contributed by atoms with Gasteiger partial charge in [0.15, 0.2) is 0 Å². The molecule has 0 amide bonds. The Morgan fingerprint density at radius 3 is 2.19 bits per heavy atom. The predicted molar refractivity (Wildman–Crippen MR) is 58.7 cm³/mol. The van der Waals surface area contributed by atoms with E-state index in [0.717, 1.165) is 0 Å². The van der Waals surface area contributed by atoms with Crippen LogP contribution >= 0.6 is 0 Å². The third-order valence-corrected chi connectivity index (χ3v) is 1.65. The van der Waals surface area contributed by atoms with Crippen molar-refractivity contribution in [2.45, 2.75) is 0 Å². The summed E-state index contributed by atoms with van der Waals surface area (Å²) in [4.78, 5) is 9.84. The van der Waals surface area contributed by atoms with Gasteiger partial charge in [-0.2, -0.15) is 0 Å². The number of rotatable bonds is 4. The van der Waals surface area contributed by atoms with Crippen molar-refractivity contribution in [3.05, 3.63) is 44.6 Å². The molecule has 0 radical (unpaired) electrons. The van der Waals surface area contributed by atoms with E-state index in [1.165, 1.54) is 13.3 Å². The van der Waals surface area contributed by atoms with Crippen molar-refractivity contribution in [2.75, 3.05) is 7.11 Å². The molecule has 8 nitrogen and oxygen atoms in total. The molecule has 0 aliphatic heterocycles. The molecule has 0 aliphatic carbocycles. The fraction of sp³-hybridized carbons (Fsp3) is 0.125. The second kappa shape index (κ2) is 5.92. The Kier molecular flexibility index (Phi) is 4.21. The average molecular weight is 217 g/mol. The van der Waals surface area contributed by atoms with Crippen LogP contribution in [0, 0.1) is 0 Å². The van der Waals surface area contributed by atoms with Gasteiger partial charge < -0.3 is 4.84 Å². The van der Waals surface area contributed by atoms with Crippen LogP contribution in [-0.2, 0) is 4.84 Å². The minimum atomic E-state index is 0.313. The predicted octanol–water partition coefficient (Wildman–Crippen LogP) is 3.55. The van der Waals surface area contributed by atoms with Crippen molar-refractivity contribution in [3.63, 3.8) is 0 Å². The first kappa shape index (κ1) is 11.4. The molecule has 8 heteroatoms. The normalized spacial score (nSPS) is 9.31. The highest BCUT2D eigenvalue weighted by molar-refractivity contribution is 5.92. The highest BCUT2D eigenvalue weighted by Gasteiger charge is 2.03. The molecule has 0 unspecified atom stereocenters. The maximum atomic E-state index is 8.37. The van der Waals surface area contributed by atoms with E-state index in [9.17, 15) is 0 Å². The molecule has 0 atom stereocenters. The van der Waals surface area contributed by atoms with Gasteiger partial charge in [0, 0.05) is 26.8 Å². The Morgan fingerprint density at radius 2 is 1.75 bits per heavy atom. The van der Waals surface area contributed by atoms with Crippen molar-refractivity contribution in [3.8, 4) is 0 Å². The van der Waals surface area contributed by atoms with Gasteiger partial charge in [-0.1, -0.05) is 33.6 Å². The van der Waals surface area contributed by atoms with Gasteiger partial charge in [-0.15, -0.1) is 0 Å². The standard InChI is InChI=1S/C8H7N7O/c1-16-11-5-6-7(12-14-9)3-2-4-8(6)13-15-10/h2-5H,1H3/b11-5+. The number of benzene rings is 1. The van der Waals surface area contributed by atoms with E-state index >= 15 is 0 Å². The molecule has 0 bridgehead atoms. The Labute approximate surface area is 90.4 Å². The summed E-state index contributed by atoms with van der Waals surface area (Å²) in [7, 11) is 1.37. The fourth-order valence-corrected chi connectivity index (χ4v) is 1.05. The first-order valence-corrected chi connectivity index (χ1v) is 4.13. The molecule has 16 heavy (non-hydrogen) atoms. The van der Waals surface area contributed by atoms with Crippen LogP contribution in [0.25, 0.3) is 20.9 Å². The third-order valence-electron chi connectivity index (χ3n) is 1.65. The van der Waals surface area contributed by atoms with E-state index in [0.29, 0.717) is 16.9 Å². The summed E-state index contributed by atoms with van der Waals surface area (Å²) in [6, 6.07) is 4.76. The molecule has 0 heterocycles. The minimum absolute atomic E-state index is 0.313. The summed E-state index contributed by atoms with van der Waals surface area (Å²) >= 11 is 0. The molecular formula is C8H7N7O. The summed E-state index contributed by atoms with van der Waals surface area (Å²) in [6.07, 6.45) is 1.31. The van der Waals surface area contributed by atoms with E-state index in [2.05, 4.69) is 30.0 Å². The van der Waals surface area contributed by atoms with Crippen molar-refractivity contribution in [1.82, 2.24) is 0 Å². The van der Waals surface area contributed by atoms with Gasteiger partial charge in [-0.3, -0.25) is 0 Å². The number of hydrogen-bond acceptors (Lipinski definition) is 4. The lowest BCUT2D eigenvalue weighted by Crippen LogP contribution is -1.84. The van der Waals surface area contributed by atoms with Crippen LogP contribution in [0.1, 0.15) is 5.56 Å². The summed E-state index contributed by atoms with van der Waals surface area (Å²) < 4.78 is 0. The molecule has 80 valence electrons. The van der Waals surface area contributed by atoms with Crippen LogP contribution in [0.4, 0.5) is 11.4 Å². The summed E-state index contributed by atoms with van der Waals surface area (Å²) in [6.45, 7) is 0. The quantitative estimate of drug-likeness (QED) is 0.247. The molecule has 0 saturated carbocycles. The number of oxime groups is 1. The lowest BCUT2D eigenvalue weighted by molar-refractivity contribution is 0.215. The smallest absolute Gasteiger partial charge is 0.106 e. The third kappa shape index (κ3) is 2.65. The van der Waals surface area contributed by atoms with E-state index in [1.807, 2.05) is 0 Å². The summed E-state index contributed by atoms with van der Waals surface area (Å²) in [5.41, 5.74) is 17.8. The molecule has 0 spiro atoms. The number of nitrogens with zero attached hydrogens (tertiary/aromatic N) is 7. The highest BCUT2D eigenvalue weighted by atomic mass is 16.6. The van der Waals surface area contributed by atoms with E-state index in [4.69, 9.17) is 11.1 Å². The highest BCUT2D eigenvalue weighted by Crippen LogP contribution is 2.27. The summed E-state index contributed by atoms with van der Waals surface area (Å²) in [5.74, 6) is 0. The van der Waals surface area contributed by atoms with Crippen molar-refractivity contribution < 1.29 is 4.84 Å². The van der Waals surface area contributed by atoms with Gasteiger partial charge in [-0.25, -0.2) is 0 Å². The molecule has 1 aromatic rings. The molecule has 0 N–H and O–H groups in total. The molecule has 1 rings (SSSR count). The lowest BCUT2D eigenvalue weighted by Gasteiger charge is -2.01. The van der Waals surface area contributed by atoms with Gasteiger partial charge in [-0.05, 0) is 11.1 Å². The van der Waals surface area contributed by atoms with Gasteiger partial charge in [0.1, 0.15) is 7.11 Å². The fourth-order valence-electron chi connectivity index (χ4n) is 1.05. The molecular weight excluding hydrogens is 210 g/mol. The Balaban J connectivity index is 3.39. The van der Waals surface area contributed by atoms with Gasteiger partial charge >= 0.3 is 0 Å². The second-order valence-corrected chi connectivity index (χ2v) is 2.51. The monoisotopic (exact) mass is 217 g/mol. The van der Waals surface area contributed by atoms with Crippen molar-refractivity contribution in [2.24, 2.45) is 15.4 Å². The Morgan fingerprint density at radius 1 is 1.19 bits per heavy atom. The molecule has 0 saturated heterocycles. The zero-order valence-electron chi connectivity index (χ0n) is 8.35. The van der Waals surface area contributed by atoms with Crippen LogP contribution in [0.5, 0.6) is 0 Å². The lowest BCUT2D eigenvalue weighted by atomic mass is 10.1. The Bertz CT molecular complexity index is 461. The molecule has 0 aromatic heterocycles. The minimum Gasteiger partial charge on any atom is -0.399 e. The maximum Gasteiger partial charge on any atom is 0.106 e. The number of hydrogen-bond donors (Lipinski definition) is 0. The van der Waals surface area contributed by atoms with Crippen LogP contribution in [0.3, 0.4) is 0 Å². The summed E-state index contributed by atoms with van der Waals surface area (Å²) in [5, 5.41) is 10.4. The number of azide groups is 2. The van der Waals surface area contributed by atoms with Crippen LogP contribution in [-0.4, -0.2) is 13.3 Å². The van der Waals surface area contributed by atoms with Crippen LogP contribution in [0.15, 0.2) is 33.6 Å². The molecule has 0 aliphatic rings. The molecule has 1 aromatic carbocycles. The Hall–Kier alpha value is -2.69. The second-order valence-electron chi connectivity index (χ2n) is 2.51. The van der Waals surface area contributed by atoms with E-state index in [-0.39, 0.29) is 0 Å². The maximum absolute atomic E-state index is 8.37. The zero-order chi connectivity index (χ0) is 11.8. The van der Waals surface area contributed by atoms with E-state index in [1.54, 1.807) is 18.2 Å². The first-order chi connectivity index (χ1) is 7.83. The van der Waals surface area contributed by atoms with Gasteiger partial charge in [0.25, 0.3) is 0 Å². The first-order valence-electron chi connectivity index (χ1n) is 4.13. The molecule has 0 fully saturated rings.